The Balaban J connectivity index is 2.02. The summed E-state index contributed by atoms with van der Waals surface area (Å²) in [6, 6.07) is 7.73. The number of rotatable bonds is 5. The minimum atomic E-state index is -2.99. The van der Waals surface area contributed by atoms with Gasteiger partial charge in [-0.25, -0.2) is 8.42 Å². The van der Waals surface area contributed by atoms with Gasteiger partial charge in [-0.15, -0.1) is 0 Å². The largest absolute Gasteiger partial charge is 0.385 e. The standard InChI is InChI=1S/C16H25NO2S/c1-13-7-3-4-8-14(13)11-17-16-10-6-5-9-15(16)12-20(2,18)19/h5-6,9-10,13-14,17H,3-4,7-8,11-12H2,1-2H3/t13-,14+/m0/s1. The van der Waals surface area contributed by atoms with Gasteiger partial charge in [-0.05, 0) is 29.9 Å². The zero-order valence-corrected chi connectivity index (χ0v) is 13.2. The average molecular weight is 295 g/mol. The molecule has 1 saturated carbocycles. The first-order valence-corrected chi connectivity index (χ1v) is 9.51. The second kappa shape index (κ2) is 6.61. The van der Waals surface area contributed by atoms with Gasteiger partial charge in [0.05, 0.1) is 5.75 Å². The highest BCUT2D eigenvalue weighted by atomic mass is 32.2. The lowest BCUT2D eigenvalue weighted by atomic mass is 9.80. The summed E-state index contributed by atoms with van der Waals surface area (Å²) in [5.41, 5.74) is 1.84. The fourth-order valence-corrected chi connectivity index (χ4v) is 3.86. The quantitative estimate of drug-likeness (QED) is 0.904. The molecule has 0 unspecified atom stereocenters. The van der Waals surface area contributed by atoms with Gasteiger partial charge in [0.1, 0.15) is 0 Å². The zero-order chi connectivity index (χ0) is 14.6. The molecule has 1 aliphatic carbocycles. The molecule has 0 aliphatic heterocycles. The van der Waals surface area contributed by atoms with Crippen molar-refractivity contribution in [3.05, 3.63) is 29.8 Å². The summed E-state index contributed by atoms with van der Waals surface area (Å²) in [4.78, 5) is 0. The maximum atomic E-state index is 11.5. The van der Waals surface area contributed by atoms with Crippen molar-refractivity contribution in [3.8, 4) is 0 Å². The van der Waals surface area contributed by atoms with E-state index in [2.05, 4.69) is 12.2 Å². The van der Waals surface area contributed by atoms with E-state index in [-0.39, 0.29) is 5.75 Å². The predicted molar refractivity (Wildman–Crippen MR) is 84.6 cm³/mol. The summed E-state index contributed by atoms with van der Waals surface area (Å²) < 4.78 is 23.0. The molecule has 112 valence electrons. The summed E-state index contributed by atoms with van der Waals surface area (Å²) in [7, 11) is -2.99. The van der Waals surface area contributed by atoms with E-state index in [1.807, 2.05) is 24.3 Å². The van der Waals surface area contributed by atoms with Crippen molar-refractivity contribution < 1.29 is 8.42 Å². The van der Waals surface area contributed by atoms with Crippen LogP contribution < -0.4 is 5.32 Å². The molecule has 0 bridgehead atoms. The van der Waals surface area contributed by atoms with Gasteiger partial charge in [-0.3, -0.25) is 0 Å². The molecule has 20 heavy (non-hydrogen) atoms. The van der Waals surface area contributed by atoms with Gasteiger partial charge >= 0.3 is 0 Å². The molecule has 1 aliphatic rings. The van der Waals surface area contributed by atoms with Crippen LogP contribution in [0.1, 0.15) is 38.2 Å². The fraction of sp³-hybridized carbons (Fsp3) is 0.625. The summed E-state index contributed by atoms with van der Waals surface area (Å²) in [6.45, 7) is 3.27. The molecule has 0 amide bonds. The topological polar surface area (TPSA) is 46.2 Å². The van der Waals surface area contributed by atoms with Gasteiger partial charge < -0.3 is 5.32 Å². The molecule has 1 aromatic rings. The van der Waals surface area contributed by atoms with Crippen molar-refractivity contribution in [3.63, 3.8) is 0 Å². The highest BCUT2D eigenvalue weighted by Crippen LogP contribution is 2.30. The van der Waals surface area contributed by atoms with Crippen LogP contribution in [0.15, 0.2) is 24.3 Å². The molecule has 0 heterocycles. The average Bonchev–Trinajstić information content (AvgIpc) is 2.37. The maximum absolute atomic E-state index is 11.5. The Morgan fingerprint density at radius 3 is 2.60 bits per heavy atom. The molecule has 1 N–H and O–H groups in total. The maximum Gasteiger partial charge on any atom is 0.151 e. The number of hydrogen-bond acceptors (Lipinski definition) is 3. The SMILES string of the molecule is C[C@H]1CCCC[C@@H]1CNc1ccccc1CS(C)(=O)=O. The normalized spacial score (nSPS) is 23.5. The molecule has 0 radical (unpaired) electrons. The molecular formula is C16H25NO2S. The van der Waals surface area contributed by atoms with Crippen LogP contribution in [-0.4, -0.2) is 21.2 Å². The van der Waals surface area contributed by atoms with Crippen LogP contribution in [0.2, 0.25) is 0 Å². The van der Waals surface area contributed by atoms with Crippen LogP contribution in [0.5, 0.6) is 0 Å². The smallest absolute Gasteiger partial charge is 0.151 e. The summed E-state index contributed by atoms with van der Waals surface area (Å²) >= 11 is 0. The van der Waals surface area contributed by atoms with E-state index >= 15 is 0 Å². The van der Waals surface area contributed by atoms with Crippen molar-refractivity contribution in [1.29, 1.82) is 0 Å². The summed E-state index contributed by atoms with van der Waals surface area (Å²) in [6.07, 6.45) is 6.55. The van der Waals surface area contributed by atoms with Crippen LogP contribution in [0, 0.1) is 11.8 Å². The van der Waals surface area contributed by atoms with Gasteiger partial charge in [-0.2, -0.15) is 0 Å². The Hall–Kier alpha value is -1.03. The van der Waals surface area contributed by atoms with Crippen molar-refractivity contribution in [1.82, 2.24) is 0 Å². The summed E-state index contributed by atoms with van der Waals surface area (Å²) in [5, 5.41) is 3.47. The predicted octanol–water partition coefficient (Wildman–Crippen LogP) is 3.47. The molecule has 0 spiro atoms. The van der Waals surface area contributed by atoms with E-state index in [1.165, 1.54) is 31.9 Å². The second-order valence-corrected chi connectivity index (χ2v) is 8.27. The number of para-hydroxylation sites is 1. The Bertz CT molecular complexity index is 539. The Morgan fingerprint density at radius 1 is 1.20 bits per heavy atom. The number of hydrogen-bond donors (Lipinski definition) is 1. The fourth-order valence-electron chi connectivity index (χ4n) is 3.04. The molecule has 2 rings (SSSR count). The first-order valence-electron chi connectivity index (χ1n) is 7.45. The second-order valence-electron chi connectivity index (χ2n) is 6.13. The highest BCUT2D eigenvalue weighted by Gasteiger charge is 2.21. The van der Waals surface area contributed by atoms with Gasteiger partial charge in [0.25, 0.3) is 0 Å². The molecule has 2 atom stereocenters. The Labute approximate surface area is 122 Å². The van der Waals surface area contributed by atoms with E-state index in [1.54, 1.807) is 0 Å². The highest BCUT2D eigenvalue weighted by molar-refractivity contribution is 7.89. The van der Waals surface area contributed by atoms with Crippen LogP contribution in [-0.2, 0) is 15.6 Å². The zero-order valence-electron chi connectivity index (χ0n) is 12.4. The Kier molecular flexibility index (Phi) is 5.08. The van der Waals surface area contributed by atoms with Crippen molar-refractivity contribution in [2.75, 3.05) is 18.1 Å². The lowest BCUT2D eigenvalue weighted by molar-refractivity contribution is 0.268. The van der Waals surface area contributed by atoms with Crippen LogP contribution >= 0.6 is 0 Å². The first kappa shape index (κ1) is 15.4. The Morgan fingerprint density at radius 2 is 1.90 bits per heavy atom. The van der Waals surface area contributed by atoms with E-state index in [4.69, 9.17) is 0 Å². The van der Waals surface area contributed by atoms with Gasteiger partial charge in [0, 0.05) is 18.5 Å². The molecule has 3 nitrogen and oxygen atoms in total. The van der Waals surface area contributed by atoms with Gasteiger partial charge in [0.2, 0.25) is 0 Å². The lowest BCUT2D eigenvalue weighted by Gasteiger charge is -2.29. The third kappa shape index (κ3) is 4.51. The molecule has 0 aromatic heterocycles. The van der Waals surface area contributed by atoms with Crippen LogP contribution in [0.25, 0.3) is 0 Å². The van der Waals surface area contributed by atoms with E-state index in [9.17, 15) is 8.42 Å². The van der Waals surface area contributed by atoms with E-state index in [0.717, 1.165) is 23.7 Å². The lowest BCUT2D eigenvalue weighted by Crippen LogP contribution is -2.24. The van der Waals surface area contributed by atoms with Gasteiger partial charge in [0.15, 0.2) is 9.84 Å². The van der Waals surface area contributed by atoms with Crippen LogP contribution in [0.4, 0.5) is 5.69 Å². The molecule has 1 fully saturated rings. The van der Waals surface area contributed by atoms with Crippen LogP contribution in [0.3, 0.4) is 0 Å². The molecule has 0 saturated heterocycles. The van der Waals surface area contributed by atoms with Crippen molar-refractivity contribution >= 4 is 15.5 Å². The number of nitrogens with one attached hydrogen (secondary N) is 1. The van der Waals surface area contributed by atoms with E-state index in [0.29, 0.717) is 5.92 Å². The number of sulfone groups is 1. The monoisotopic (exact) mass is 295 g/mol. The first-order chi connectivity index (χ1) is 9.46. The number of anilines is 1. The number of benzene rings is 1. The molecule has 1 aromatic carbocycles. The minimum absolute atomic E-state index is 0.108. The molecule has 4 heteroatoms. The van der Waals surface area contributed by atoms with Crippen molar-refractivity contribution in [2.24, 2.45) is 11.8 Å². The van der Waals surface area contributed by atoms with E-state index < -0.39 is 9.84 Å². The summed E-state index contributed by atoms with van der Waals surface area (Å²) in [5.74, 6) is 1.57. The third-order valence-electron chi connectivity index (χ3n) is 4.28. The minimum Gasteiger partial charge on any atom is -0.385 e. The van der Waals surface area contributed by atoms with Gasteiger partial charge in [-0.1, -0.05) is 44.4 Å². The third-order valence-corrected chi connectivity index (χ3v) is 5.11. The molecular weight excluding hydrogens is 270 g/mol. The van der Waals surface area contributed by atoms with Crippen molar-refractivity contribution in [2.45, 2.75) is 38.4 Å².